The van der Waals surface area contributed by atoms with Crippen molar-refractivity contribution in [3.05, 3.63) is 24.8 Å². The lowest BCUT2D eigenvalue weighted by Crippen LogP contribution is -1.99. The van der Waals surface area contributed by atoms with E-state index < -0.39 is 0 Å². The van der Waals surface area contributed by atoms with Crippen molar-refractivity contribution in [1.82, 2.24) is 14.2 Å². The van der Waals surface area contributed by atoms with Gasteiger partial charge in [0.05, 0.1) is 11.7 Å². The van der Waals surface area contributed by atoms with Crippen LogP contribution in [0.2, 0.25) is 0 Å². The van der Waals surface area contributed by atoms with Gasteiger partial charge in [0.2, 0.25) is 6.41 Å². The number of hydrogen-bond acceptors (Lipinski definition) is 2. The Bertz CT molecular complexity index is 360. The van der Waals surface area contributed by atoms with Crippen molar-refractivity contribution in [1.29, 1.82) is 0 Å². The van der Waals surface area contributed by atoms with E-state index in [4.69, 9.17) is 0 Å². The smallest absolute Gasteiger partial charge is 0.232 e. The predicted octanol–water partition coefficient (Wildman–Crippen LogP) is 0.174. The SMILES string of the molecule is O=Cn1ccc2cncn21. The molecule has 50 valence electrons. The van der Waals surface area contributed by atoms with Crippen LogP contribution in [0.1, 0.15) is 0 Å². The van der Waals surface area contributed by atoms with E-state index in [1.54, 1.807) is 23.2 Å². The highest BCUT2D eigenvalue weighted by atomic mass is 16.1. The van der Waals surface area contributed by atoms with Gasteiger partial charge < -0.3 is 0 Å². The highest BCUT2D eigenvalue weighted by molar-refractivity contribution is 5.55. The molecule has 0 spiro atoms. The third-order valence-electron chi connectivity index (χ3n) is 1.40. The molecule has 0 amide bonds. The second kappa shape index (κ2) is 1.70. The minimum atomic E-state index is 0.731. The topological polar surface area (TPSA) is 39.3 Å². The quantitative estimate of drug-likeness (QED) is 0.523. The van der Waals surface area contributed by atoms with Crippen molar-refractivity contribution in [2.75, 3.05) is 0 Å². The summed E-state index contributed by atoms with van der Waals surface area (Å²) in [4.78, 5) is 14.1. The number of carbonyl (C=O) groups excluding carboxylic acids is 1. The van der Waals surface area contributed by atoms with Crippen LogP contribution in [0.4, 0.5) is 0 Å². The molecule has 0 bridgehead atoms. The van der Waals surface area contributed by atoms with Gasteiger partial charge in [0, 0.05) is 6.20 Å². The Hall–Kier alpha value is -1.58. The first-order valence-electron chi connectivity index (χ1n) is 2.86. The maximum absolute atomic E-state index is 10.3. The largest absolute Gasteiger partial charge is 0.276 e. The van der Waals surface area contributed by atoms with Gasteiger partial charge in [-0.25, -0.2) is 14.2 Å². The number of aromatic nitrogens is 3. The minimum absolute atomic E-state index is 0.731. The molecule has 2 aromatic rings. The van der Waals surface area contributed by atoms with Crippen molar-refractivity contribution in [3.8, 4) is 0 Å². The third-order valence-corrected chi connectivity index (χ3v) is 1.40. The van der Waals surface area contributed by atoms with Gasteiger partial charge in [-0.15, -0.1) is 0 Å². The molecule has 0 saturated heterocycles. The molecule has 2 aromatic heterocycles. The van der Waals surface area contributed by atoms with Crippen LogP contribution in [0.25, 0.3) is 5.52 Å². The zero-order valence-electron chi connectivity index (χ0n) is 5.14. The van der Waals surface area contributed by atoms with Crippen LogP contribution in [-0.4, -0.2) is 20.6 Å². The fourth-order valence-electron chi connectivity index (χ4n) is 0.922. The Labute approximate surface area is 56.7 Å². The molecule has 0 aromatic carbocycles. The Morgan fingerprint density at radius 2 is 2.50 bits per heavy atom. The van der Waals surface area contributed by atoms with E-state index in [1.807, 2.05) is 6.07 Å². The molecule has 0 unspecified atom stereocenters. The zero-order chi connectivity index (χ0) is 6.97. The van der Waals surface area contributed by atoms with E-state index in [2.05, 4.69) is 4.98 Å². The Balaban J connectivity index is 2.88. The molecule has 0 atom stereocenters. The van der Waals surface area contributed by atoms with Gasteiger partial charge in [0.15, 0.2) is 0 Å². The summed E-state index contributed by atoms with van der Waals surface area (Å²) in [6.45, 7) is 0. The zero-order valence-corrected chi connectivity index (χ0v) is 5.14. The molecule has 0 radical (unpaired) electrons. The normalized spacial score (nSPS) is 10.4. The predicted molar refractivity (Wildman–Crippen MR) is 35.3 cm³/mol. The third kappa shape index (κ3) is 0.500. The van der Waals surface area contributed by atoms with E-state index in [1.165, 1.54) is 4.68 Å². The fourth-order valence-corrected chi connectivity index (χ4v) is 0.922. The first-order valence-corrected chi connectivity index (χ1v) is 2.86. The van der Waals surface area contributed by atoms with Gasteiger partial charge in [-0.3, -0.25) is 4.79 Å². The average Bonchev–Trinajstić information content (AvgIpc) is 2.44. The number of nitrogens with zero attached hydrogens (tertiary/aromatic N) is 3. The highest BCUT2D eigenvalue weighted by Gasteiger charge is 1.95. The summed E-state index contributed by atoms with van der Waals surface area (Å²) < 4.78 is 3.08. The van der Waals surface area contributed by atoms with Crippen LogP contribution < -0.4 is 0 Å². The highest BCUT2D eigenvalue weighted by Crippen LogP contribution is 1.99. The monoisotopic (exact) mass is 135 g/mol. The van der Waals surface area contributed by atoms with E-state index in [9.17, 15) is 4.79 Å². The molecule has 0 aliphatic heterocycles. The molecule has 0 saturated carbocycles. The first-order chi connectivity index (χ1) is 4.92. The van der Waals surface area contributed by atoms with Gasteiger partial charge in [-0.1, -0.05) is 0 Å². The summed E-state index contributed by atoms with van der Waals surface area (Å²) in [5.41, 5.74) is 0.923. The summed E-state index contributed by atoms with van der Waals surface area (Å²) in [6.07, 6.45) is 5.70. The molecular weight excluding hydrogens is 130 g/mol. The molecule has 0 N–H and O–H groups in total. The van der Waals surface area contributed by atoms with E-state index in [0.29, 0.717) is 0 Å². The van der Waals surface area contributed by atoms with Crippen LogP contribution in [-0.2, 0) is 4.79 Å². The van der Waals surface area contributed by atoms with Crippen molar-refractivity contribution >= 4 is 11.9 Å². The van der Waals surface area contributed by atoms with Crippen LogP contribution >= 0.6 is 0 Å². The second-order valence-electron chi connectivity index (χ2n) is 1.96. The van der Waals surface area contributed by atoms with Crippen LogP contribution in [0.15, 0.2) is 24.8 Å². The van der Waals surface area contributed by atoms with Crippen molar-refractivity contribution in [2.45, 2.75) is 0 Å². The van der Waals surface area contributed by atoms with E-state index in [0.717, 1.165) is 11.9 Å². The van der Waals surface area contributed by atoms with Gasteiger partial charge in [-0.05, 0) is 6.07 Å². The Morgan fingerprint density at radius 3 is 3.30 bits per heavy atom. The summed E-state index contributed by atoms with van der Waals surface area (Å²) in [7, 11) is 0. The first kappa shape index (κ1) is 5.22. The maximum atomic E-state index is 10.3. The van der Waals surface area contributed by atoms with E-state index in [-0.39, 0.29) is 0 Å². The molecule has 0 fully saturated rings. The summed E-state index contributed by atoms with van der Waals surface area (Å²) >= 11 is 0. The van der Waals surface area contributed by atoms with Crippen LogP contribution in [0.3, 0.4) is 0 Å². The van der Waals surface area contributed by atoms with Gasteiger partial charge in [0.25, 0.3) is 0 Å². The van der Waals surface area contributed by atoms with Crippen molar-refractivity contribution in [3.63, 3.8) is 0 Å². The average molecular weight is 135 g/mol. The van der Waals surface area contributed by atoms with Gasteiger partial charge in [0.1, 0.15) is 6.33 Å². The molecule has 4 heteroatoms. The van der Waals surface area contributed by atoms with Gasteiger partial charge in [-0.2, -0.15) is 0 Å². The lowest BCUT2D eigenvalue weighted by Gasteiger charge is -1.88. The fraction of sp³-hybridized carbons (Fsp3) is 0. The maximum Gasteiger partial charge on any atom is 0.232 e. The number of fused-ring (bicyclic) bond motifs is 1. The number of carbonyl (C=O) groups is 1. The second-order valence-corrected chi connectivity index (χ2v) is 1.96. The summed E-state index contributed by atoms with van der Waals surface area (Å²) in [5, 5.41) is 0. The molecule has 0 aliphatic carbocycles. The van der Waals surface area contributed by atoms with Crippen LogP contribution in [0, 0.1) is 0 Å². The standard InChI is InChI=1S/C6H5N3O/c10-5-8-2-1-6-3-7-4-9(6)8/h1-5H. The Morgan fingerprint density at radius 1 is 1.60 bits per heavy atom. The molecule has 2 heterocycles. The summed E-state index contributed by atoms with van der Waals surface area (Å²) in [5.74, 6) is 0. The molecule has 4 nitrogen and oxygen atoms in total. The molecular formula is C6H5N3O. The Kier molecular flexibility index (Phi) is 0.887. The minimum Gasteiger partial charge on any atom is -0.276 e. The van der Waals surface area contributed by atoms with E-state index >= 15 is 0 Å². The molecule has 2 rings (SSSR count). The number of rotatable bonds is 1. The number of imidazole rings is 1. The van der Waals surface area contributed by atoms with Gasteiger partial charge >= 0.3 is 0 Å². The van der Waals surface area contributed by atoms with Crippen molar-refractivity contribution in [2.24, 2.45) is 0 Å². The van der Waals surface area contributed by atoms with Crippen LogP contribution in [0.5, 0.6) is 0 Å². The van der Waals surface area contributed by atoms with Crippen molar-refractivity contribution < 1.29 is 4.79 Å². The molecule has 10 heavy (non-hydrogen) atoms. The summed E-state index contributed by atoms with van der Waals surface area (Å²) in [6, 6.07) is 1.82. The number of hydrogen-bond donors (Lipinski definition) is 0. The molecule has 0 aliphatic rings. The lowest BCUT2D eigenvalue weighted by molar-refractivity contribution is 0.536. The lowest BCUT2D eigenvalue weighted by atomic mass is 10.6.